The van der Waals surface area contributed by atoms with Gasteiger partial charge in [0.05, 0.1) is 13.5 Å². The van der Waals surface area contributed by atoms with Gasteiger partial charge in [-0.15, -0.1) is 0 Å². The van der Waals surface area contributed by atoms with E-state index in [1.54, 1.807) is 0 Å². The lowest BCUT2D eigenvalue weighted by Crippen LogP contribution is -2.12. The molecule has 0 aliphatic heterocycles. The van der Waals surface area contributed by atoms with Gasteiger partial charge in [-0.25, -0.2) is 4.39 Å². The highest BCUT2D eigenvalue weighted by atomic mass is 32.2. The first-order valence-electron chi connectivity index (χ1n) is 5.70. The fraction of sp³-hybridized carbons (Fsp3) is 0.385. The molecule has 1 atom stereocenters. The van der Waals surface area contributed by atoms with E-state index in [9.17, 15) is 14.0 Å². The molecule has 1 amide bonds. The molecule has 0 radical (unpaired) electrons. The van der Waals surface area contributed by atoms with Crippen LogP contribution in [0.5, 0.6) is 0 Å². The van der Waals surface area contributed by atoms with Gasteiger partial charge in [0.2, 0.25) is 5.91 Å². The number of carbonyl (C=O) groups excluding carboxylic acids is 2. The smallest absolute Gasteiger partial charge is 0.306 e. The van der Waals surface area contributed by atoms with Gasteiger partial charge >= 0.3 is 5.97 Å². The van der Waals surface area contributed by atoms with Crippen molar-refractivity contribution >= 4 is 23.6 Å². The van der Waals surface area contributed by atoms with Crippen LogP contribution in [0.2, 0.25) is 0 Å². The lowest BCUT2D eigenvalue weighted by Gasteiger charge is -2.10. The highest BCUT2D eigenvalue weighted by molar-refractivity contribution is 7.99. The monoisotopic (exact) mass is 285 g/mol. The Kier molecular flexibility index (Phi) is 5.82. The number of rotatable bonds is 6. The number of thioether (sulfide) groups is 1. The average molecular weight is 285 g/mol. The van der Waals surface area contributed by atoms with Crippen LogP contribution in [0.4, 0.5) is 4.39 Å². The summed E-state index contributed by atoms with van der Waals surface area (Å²) in [5, 5.41) is 0.00378. The number of benzene rings is 1. The molecule has 0 aliphatic rings. The summed E-state index contributed by atoms with van der Waals surface area (Å²) in [5.41, 5.74) is 5.82. The number of methoxy groups -OCH3 is 1. The lowest BCUT2D eigenvalue weighted by atomic mass is 10.1. The van der Waals surface area contributed by atoms with Crippen molar-refractivity contribution in [3.05, 3.63) is 35.1 Å². The minimum atomic E-state index is -0.589. The minimum absolute atomic E-state index is 0.00378. The van der Waals surface area contributed by atoms with E-state index in [-0.39, 0.29) is 29.0 Å². The van der Waals surface area contributed by atoms with Crippen LogP contribution in [0, 0.1) is 5.82 Å². The Morgan fingerprint density at radius 2 is 2.16 bits per heavy atom. The van der Waals surface area contributed by atoms with Gasteiger partial charge in [-0.1, -0.05) is 6.92 Å². The number of esters is 1. The number of hydrogen-bond donors (Lipinski definition) is 1. The SMILES string of the molecule is COC(=O)CC(C)SCc1cc(C(N)=O)ccc1F. The van der Waals surface area contributed by atoms with Crippen molar-refractivity contribution < 1.29 is 18.7 Å². The Labute approximate surface area is 115 Å². The van der Waals surface area contributed by atoms with Gasteiger partial charge in [0.25, 0.3) is 0 Å². The van der Waals surface area contributed by atoms with Crippen LogP contribution in [0.25, 0.3) is 0 Å². The molecule has 1 aromatic carbocycles. The zero-order chi connectivity index (χ0) is 14.4. The largest absolute Gasteiger partial charge is 0.469 e. The molecule has 19 heavy (non-hydrogen) atoms. The van der Waals surface area contributed by atoms with Gasteiger partial charge in [-0.2, -0.15) is 11.8 Å². The molecule has 2 N–H and O–H groups in total. The number of hydrogen-bond acceptors (Lipinski definition) is 4. The van der Waals surface area contributed by atoms with Crippen molar-refractivity contribution in [1.29, 1.82) is 0 Å². The van der Waals surface area contributed by atoms with Crippen LogP contribution in [-0.2, 0) is 15.3 Å². The van der Waals surface area contributed by atoms with E-state index >= 15 is 0 Å². The van der Waals surface area contributed by atoms with Crippen LogP contribution >= 0.6 is 11.8 Å². The number of carbonyl (C=O) groups is 2. The zero-order valence-electron chi connectivity index (χ0n) is 10.8. The molecule has 0 heterocycles. The molecular weight excluding hydrogens is 269 g/mol. The number of nitrogens with two attached hydrogens (primary N) is 1. The second-order valence-electron chi connectivity index (χ2n) is 4.07. The predicted octanol–water partition coefficient (Wildman–Crippen LogP) is 2.11. The second-order valence-corrected chi connectivity index (χ2v) is 5.50. The van der Waals surface area contributed by atoms with Crippen molar-refractivity contribution in [2.45, 2.75) is 24.3 Å². The number of halogens is 1. The number of primary amides is 1. The minimum Gasteiger partial charge on any atom is -0.469 e. The molecule has 4 nitrogen and oxygen atoms in total. The quantitative estimate of drug-likeness (QED) is 0.813. The number of amides is 1. The first-order chi connectivity index (χ1) is 8.93. The molecule has 0 saturated carbocycles. The summed E-state index contributed by atoms with van der Waals surface area (Å²) >= 11 is 1.41. The summed E-state index contributed by atoms with van der Waals surface area (Å²) in [4.78, 5) is 22.1. The van der Waals surface area contributed by atoms with E-state index < -0.39 is 5.91 Å². The van der Waals surface area contributed by atoms with Crippen molar-refractivity contribution in [3.63, 3.8) is 0 Å². The van der Waals surface area contributed by atoms with Crippen molar-refractivity contribution in [2.75, 3.05) is 7.11 Å². The Balaban J connectivity index is 2.64. The van der Waals surface area contributed by atoms with E-state index in [4.69, 9.17) is 5.73 Å². The third kappa shape index (κ3) is 4.90. The Morgan fingerprint density at radius 3 is 2.74 bits per heavy atom. The van der Waals surface area contributed by atoms with Crippen molar-refractivity contribution in [1.82, 2.24) is 0 Å². The van der Waals surface area contributed by atoms with Gasteiger partial charge in [0.15, 0.2) is 0 Å². The second kappa shape index (κ2) is 7.13. The fourth-order valence-electron chi connectivity index (χ4n) is 1.45. The molecule has 0 bridgehead atoms. The molecule has 6 heteroatoms. The normalized spacial score (nSPS) is 11.9. The average Bonchev–Trinajstić information content (AvgIpc) is 2.37. The Morgan fingerprint density at radius 1 is 1.47 bits per heavy atom. The maximum atomic E-state index is 13.6. The van der Waals surface area contributed by atoms with Crippen LogP contribution < -0.4 is 5.73 Å². The molecule has 0 aromatic heterocycles. The molecule has 104 valence electrons. The van der Waals surface area contributed by atoms with Gasteiger partial charge < -0.3 is 10.5 Å². The maximum Gasteiger partial charge on any atom is 0.306 e. The molecular formula is C13H16FNO3S. The molecule has 1 unspecified atom stereocenters. The van der Waals surface area contributed by atoms with E-state index in [0.29, 0.717) is 11.3 Å². The van der Waals surface area contributed by atoms with Crippen LogP contribution in [-0.4, -0.2) is 24.2 Å². The third-order valence-electron chi connectivity index (χ3n) is 2.54. The van der Waals surface area contributed by atoms with Crippen LogP contribution in [0.15, 0.2) is 18.2 Å². The summed E-state index contributed by atoms with van der Waals surface area (Å²) in [6.45, 7) is 1.86. The standard InChI is InChI=1S/C13H16FNO3S/c1-8(5-12(16)18-2)19-7-10-6-9(13(15)17)3-4-11(10)14/h3-4,6,8H,5,7H2,1-2H3,(H2,15,17). The van der Waals surface area contributed by atoms with Gasteiger partial charge in [-0.3, -0.25) is 9.59 Å². The number of ether oxygens (including phenoxy) is 1. The summed E-state index contributed by atoms with van der Waals surface area (Å²) in [6.07, 6.45) is 0.262. The van der Waals surface area contributed by atoms with Crippen LogP contribution in [0.1, 0.15) is 29.3 Å². The summed E-state index contributed by atoms with van der Waals surface area (Å²) < 4.78 is 18.1. The molecule has 0 spiro atoms. The first-order valence-corrected chi connectivity index (χ1v) is 6.75. The molecule has 1 aromatic rings. The van der Waals surface area contributed by atoms with Gasteiger partial charge in [0, 0.05) is 16.6 Å². The molecule has 0 fully saturated rings. The summed E-state index contributed by atoms with van der Waals surface area (Å²) in [7, 11) is 1.33. The molecule has 0 aliphatic carbocycles. The third-order valence-corrected chi connectivity index (χ3v) is 3.75. The topological polar surface area (TPSA) is 69.4 Å². The summed E-state index contributed by atoms with van der Waals surface area (Å²) in [5.74, 6) is -0.909. The zero-order valence-corrected chi connectivity index (χ0v) is 11.6. The Bertz CT molecular complexity index is 479. The highest BCUT2D eigenvalue weighted by Gasteiger charge is 2.12. The van der Waals surface area contributed by atoms with E-state index in [1.807, 2.05) is 6.92 Å². The van der Waals surface area contributed by atoms with E-state index in [1.165, 1.54) is 37.1 Å². The maximum absolute atomic E-state index is 13.6. The van der Waals surface area contributed by atoms with Crippen molar-refractivity contribution in [2.24, 2.45) is 5.73 Å². The highest BCUT2D eigenvalue weighted by Crippen LogP contribution is 2.22. The van der Waals surface area contributed by atoms with Crippen LogP contribution in [0.3, 0.4) is 0 Å². The Hall–Kier alpha value is -1.56. The predicted molar refractivity (Wildman–Crippen MR) is 72.3 cm³/mol. The van der Waals surface area contributed by atoms with E-state index in [0.717, 1.165) is 0 Å². The van der Waals surface area contributed by atoms with E-state index in [2.05, 4.69) is 4.74 Å². The molecule has 0 saturated heterocycles. The molecule has 1 rings (SSSR count). The van der Waals surface area contributed by atoms with Gasteiger partial charge in [0.1, 0.15) is 5.82 Å². The first kappa shape index (κ1) is 15.5. The van der Waals surface area contributed by atoms with Crippen molar-refractivity contribution in [3.8, 4) is 0 Å². The lowest BCUT2D eigenvalue weighted by molar-refractivity contribution is -0.140. The fourth-order valence-corrected chi connectivity index (χ4v) is 2.39. The summed E-state index contributed by atoms with van der Waals surface area (Å²) in [6, 6.07) is 4.01. The van der Waals surface area contributed by atoms with Gasteiger partial charge in [-0.05, 0) is 23.8 Å².